The molecule has 1 atom stereocenters. The molecule has 0 amide bonds. The fraction of sp³-hybridized carbons (Fsp3) is 0.833. The highest BCUT2D eigenvalue weighted by Crippen LogP contribution is 2.41. The maximum Gasteiger partial charge on any atom is 0.140 e. The van der Waals surface area contributed by atoms with E-state index in [2.05, 4.69) is 25.1 Å². The molecule has 1 aliphatic heterocycles. The van der Waals surface area contributed by atoms with Crippen molar-refractivity contribution in [3.05, 3.63) is 12.7 Å². The van der Waals surface area contributed by atoms with Crippen molar-refractivity contribution >= 4 is 11.4 Å². The van der Waals surface area contributed by atoms with E-state index in [1.807, 2.05) is 13.0 Å². The van der Waals surface area contributed by atoms with E-state index < -0.39 is 11.4 Å². The molecule has 0 saturated carbocycles. The molecule has 16 heavy (non-hydrogen) atoms. The number of allylic oxidation sites excluding steroid dienone is 1. The van der Waals surface area contributed by atoms with Crippen molar-refractivity contribution in [2.24, 2.45) is 5.41 Å². The second-order valence-electron chi connectivity index (χ2n) is 5.19. The SMILES string of the molecule is C=CCC1(CC(C)(C)[S+]([O-])NCC)COC1. The molecule has 0 aromatic rings. The summed E-state index contributed by atoms with van der Waals surface area (Å²) in [5.74, 6) is 0. The van der Waals surface area contributed by atoms with Crippen molar-refractivity contribution in [2.45, 2.75) is 38.4 Å². The molecule has 1 fully saturated rings. The lowest BCUT2D eigenvalue weighted by atomic mass is 9.75. The molecular formula is C12H23NO2S. The third kappa shape index (κ3) is 3.23. The minimum Gasteiger partial charge on any atom is -0.598 e. The van der Waals surface area contributed by atoms with Crippen molar-refractivity contribution in [1.29, 1.82) is 0 Å². The van der Waals surface area contributed by atoms with Crippen LogP contribution in [0.25, 0.3) is 0 Å². The molecule has 1 aliphatic rings. The highest BCUT2D eigenvalue weighted by Gasteiger charge is 2.46. The van der Waals surface area contributed by atoms with E-state index in [9.17, 15) is 4.55 Å². The Labute approximate surface area is 102 Å². The highest BCUT2D eigenvalue weighted by molar-refractivity contribution is 7.90. The molecular weight excluding hydrogens is 222 g/mol. The maximum atomic E-state index is 12.0. The van der Waals surface area contributed by atoms with Crippen LogP contribution >= 0.6 is 0 Å². The third-order valence-corrected chi connectivity index (χ3v) is 4.67. The van der Waals surface area contributed by atoms with Crippen molar-refractivity contribution in [1.82, 2.24) is 4.72 Å². The zero-order valence-corrected chi connectivity index (χ0v) is 11.4. The van der Waals surface area contributed by atoms with Gasteiger partial charge in [0.25, 0.3) is 0 Å². The first-order valence-corrected chi connectivity index (χ1v) is 6.95. The standard InChI is InChI=1S/C12H23NO2S/c1-5-7-12(9-15-10-12)8-11(3,4)16(14)13-6-2/h5,13H,1,6-10H2,2-4H3. The number of hydrogen-bond acceptors (Lipinski definition) is 3. The molecule has 1 rings (SSSR count). The lowest BCUT2D eigenvalue weighted by Gasteiger charge is -2.45. The van der Waals surface area contributed by atoms with Gasteiger partial charge in [-0.15, -0.1) is 11.3 Å². The summed E-state index contributed by atoms with van der Waals surface area (Å²) in [7, 11) is 0. The molecule has 0 aromatic carbocycles. The van der Waals surface area contributed by atoms with Gasteiger partial charge >= 0.3 is 0 Å². The van der Waals surface area contributed by atoms with Gasteiger partial charge in [0.15, 0.2) is 0 Å². The van der Waals surface area contributed by atoms with Crippen LogP contribution in [0.4, 0.5) is 0 Å². The topological polar surface area (TPSA) is 44.3 Å². The van der Waals surface area contributed by atoms with Crippen molar-refractivity contribution in [3.63, 3.8) is 0 Å². The van der Waals surface area contributed by atoms with Crippen LogP contribution < -0.4 is 4.72 Å². The molecule has 94 valence electrons. The van der Waals surface area contributed by atoms with E-state index in [-0.39, 0.29) is 10.2 Å². The van der Waals surface area contributed by atoms with Gasteiger partial charge in [-0.2, -0.15) is 0 Å². The number of ether oxygens (including phenoxy) is 1. The van der Waals surface area contributed by atoms with E-state index in [1.54, 1.807) is 0 Å². The Morgan fingerprint density at radius 3 is 2.56 bits per heavy atom. The largest absolute Gasteiger partial charge is 0.598 e. The quantitative estimate of drug-likeness (QED) is 0.551. The number of nitrogens with one attached hydrogen (secondary N) is 1. The lowest BCUT2D eigenvalue weighted by molar-refractivity contribution is -0.119. The van der Waals surface area contributed by atoms with Gasteiger partial charge in [0, 0.05) is 29.7 Å². The van der Waals surface area contributed by atoms with Gasteiger partial charge in [0.2, 0.25) is 0 Å². The fourth-order valence-electron chi connectivity index (χ4n) is 2.28. The van der Waals surface area contributed by atoms with Gasteiger partial charge in [-0.25, -0.2) is 0 Å². The van der Waals surface area contributed by atoms with Gasteiger partial charge in [-0.1, -0.05) is 6.08 Å². The molecule has 0 spiro atoms. The molecule has 0 bridgehead atoms. The van der Waals surface area contributed by atoms with Crippen LogP contribution in [0.3, 0.4) is 0 Å². The average Bonchev–Trinajstić information content (AvgIpc) is 2.14. The molecule has 0 aliphatic carbocycles. The van der Waals surface area contributed by atoms with E-state index in [4.69, 9.17) is 4.74 Å². The van der Waals surface area contributed by atoms with Gasteiger partial charge in [0.05, 0.1) is 13.2 Å². The Kier molecular flexibility index (Phi) is 4.86. The van der Waals surface area contributed by atoms with E-state index in [0.29, 0.717) is 0 Å². The average molecular weight is 245 g/mol. The fourth-order valence-corrected chi connectivity index (χ4v) is 3.37. The summed E-state index contributed by atoms with van der Waals surface area (Å²) in [4.78, 5) is 0. The van der Waals surface area contributed by atoms with Crippen LogP contribution in [0.5, 0.6) is 0 Å². The lowest BCUT2D eigenvalue weighted by Crippen LogP contribution is -2.51. The second-order valence-corrected chi connectivity index (χ2v) is 7.12. The Bertz CT molecular complexity index is 239. The summed E-state index contributed by atoms with van der Waals surface area (Å²) >= 11 is -0.988. The van der Waals surface area contributed by atoms with Crippen molar-refractivity contribution in [3.8, 4) is 0 Å². The molecule has 3 nitrogen and oxygen atoms in total. The van der Waals surface area contributed by atoms with E-state index >= 15 is 0 Å². The van der Waals surface area contributed by atoms with E-state index in [0.717, 1.165) is 32.6 Å². The van der Waals surface area contributed by atoms with Gasteiger partial charge in [0.1, 0.15) is 4.75 Å². The van der Waals surface area contributed by atoms with Crippen LogP contribution in [0.15, 0.2) is 12.7 Å². The van der Waals surface area contributed by atoms with Crippen molar-refractivity contribution in [2.75, 3.05) is 19.8 Å². The predicted molar refractivity (Wildman–Crippen MR) is 68.6 cm³/mol. The van der Waals surface area contributed by atoms with Gasteiger partial charge in [-0.05, 0) is 27.2 Å². The van der Waals surface area contributed by atoms with Crippen LogP contribution in [0.2, 0.25) is 0 Å². The summed E-state index contributed by atoms with van der Waals surface area (Å²) in [6, 6.07) is 0. The molecule has 1 N–H and O–H groups in total. The number of rotatable bonds is 7. The molecule has 0 aromatic heterocycles. The Hall–Kier alpha value is -0.0300. The number of hydrogen-bond donors (Lipinski definition) is 1. The minimum absolute atomic E-state index is 0.163. The Morgan fingerprint density at radius 2 is 2.19 bits per heavy atom. The van der Waals surface area contributed by atoms with Crippen LogP contribution in [0.1, 0.15) is 33.6 Å². The van der Waals surface area contributed by atoms with Crippen LogP contribution in [-0.2, 0) is 16.1 Å². The normalized spacial score (nSPS) is 21.2. The maximum absolute atomic E-state index is 12.0. The van der Waals surface area contributed by atoms with Crippen LogP contribution in [-0.4, -0.2) is 29.1 Å². The van der Waals surface area contributed by atoms with Gasteiger partial charge in [-0.3, -0.25) is 0 Å². The van der Waals surface area contributed by atoms with Crippen LogP contribution in [0, 0.1) is 5.41 Å². The second kappa shape index (κ2) is 5.54. The van der Waals surface area contributed by atoms with Crippen molar-refractivity contribution < 1.29 is 9.29 Å². The summed E-state index contributed by atoms with van der Waals surface area (Å²) in [6.07, 6.45) is 3.79. The Balaban J connectivity index is 2.58. The molecule has 1 unspecified atom stereocenters. The monoisotopic (exact) mass is 245 g/mol. The zero-order chi connectivity index (χ0) is 12.2. The smallest absolute Gasteiger partial charge is 0.140 e. The summed E-state index contributed by atoms with van der Waals surface area (Å²) in [6.45, 7) is 12.1. The first kappa shape index (κ1) is 14.0. The van der Waals surface area contributed by atoms with E-state index in [1.165, 1.54) is 0 Å². The highest BCUT2D eigenvalue weighted by atomic mass is 32.2. The molecule has 0 radical (unpaired) electrons. The Morgan fingerprint density at radius 1 is 1.56 bits per heavy atom. The third-order valence-electron chi connectivity index (χ3n) is 2.97. The first-order valence-electron chi connectivity index (χ1n) is 5.80. The molecule has 1 saturated heterocycles. The minimum atomic E-state index is -0.988. The molecule has 4 heteroatoms. The first-order chi connectivity index (χ1) is 7.46. The predicted octanol–water partition coefficient (Wildman–Crippen LogP) is 2.02. The summed E-state index contributed by atoms with van der Waals surface area (Å²) in [5, 5.41) is 0. The molecule has 1 heterocycles. The summed E-state index contributed by atoms with van der Waals surface area (Å²) in [5.41, 5.74) is 0.163. The zero-order valence-electron chi connectivity index (χ0n) is 10.5. The summed E-state index contributed by atoms with van der Waals surface area (Å²) < 4.78 is 20.1. The van der Waals surface area contributed by atoms with Gasteiger partial charge < -0.3 is 9.29 Å².